The van der Waals surface area contributed by atoms with Gasteiger partial charge < -0.3 is 14.8 Å². The normalized spacial score (nSPS) is 12.5. The number of pyridine rings is 1. The van der Waals surface area contributed by atoms with Gasteiger partial charge in [-0.25, -0.2) is 9.37 Å². The molecule has 0 aliphatic rings. The summed E-state index contributed by atoms with van der Waals surface area (Å²) < 4.78 is 22.6. The molecular formula is C10H15FN2O2. The van der Waals surface area contributed by atoms with Crippen molar-refractivity contribution in [3.63, 3.8) is 0 Å². The summed E-state index contributed by atoms with van der Waals surface area (Å²) in [5.41, 5.74) is 0. The maximum atomic E-state index is 12.5. The zero-order chi connectivity index (χ0) is 11.1. The molecular weight excluding hydrogens is 199 g/mol. The lowest BCUT2D eigenvalue weighted by atomic mass is 10.3. The molecule has 84 valence electrons. The van der Waals surface area contributed by atoms with Gasteiger partial charge in [0.05, 0.1) is 18.9 Å². The molecule has 0 aliphatic heterocycles. The molecule has 0 fully saturated rings. The Balaban J connectivity index is 2.38. The van der Waals surface area contributed by atoms with E-state index in [-0.39, 0.29) is 11.9 Å². The molecule has 15 heavy (non-hydrogen) atoms. The Bertz CT molecular complexity index is 279. The van der Waals surface area contributed by atoms with Crippen LogP contribution in [0.4, 0.5) is 10.2 Å². The fourth-order valence-electron chi connectivity index (χ4n) is 1.09. The van der Waals surface area contributed by atoms with Gasteiger partial charge in [-0.15, -0.1) is 0 Å². The molecule has 1 unspecified atom stereocenters. The number of methoxy groups -OCH3 is 2. The third-order valence-corrected chi connectivity index (χ3v) is 1.92. The summed E-state index contributed by atoms with van der Waals surface area (Å²) in [5, 5.41) is 3.02. The molecule has 0 spiro atoms. The van der Waals surface area contributed by atoms with Gasteiger partial charge in [-0.05, 0) is 12.1 Å². The first-order valence-electron chi connectivity index (χ1n) is 4.63. The van der Waals surface area contributed by atoms with Crippen molar-refractivity contribution in [3.05, 3.63) is 24.1 Å². The Kier molecular flexibility index (Phi) is 5.00. The first kappa shape index (κ1) is 11.9. The lowest BCUT2D eigenvalue weighted by molar-refractivity contribution is 0.0365. The standard InChI is InChI=1S/C10H15FN2O2/c1-14-7-9(15-2)6-13-10-4-3-8(11)5-12-10/h3-5,9H,6-7H2,1-2H3,(H,12,13). The summed E-state index contributed by atoms with van der Waals surface area (Å²) in [7, 11) is 3.23. The van der Waals surface area contributed by atoms with Crippen molar-refractivity contribution in [3.8, 4) is 0 Å². The third-order valence-electron chi connectivity index (χ3n) is 1.92. The molecule has 0 saturated carbocycles. The molecule has 0 radical (unpaired) electrons. The summed E-state index contributed by atoms with van der Waals surface area (Å²) in [4.78, 5) is 3.86. The molecule has 5 heteroatoms. The van der Waals surface area contributed by atoms with Crippen LogP contribution in [0.3, 0.4) is 0 Å². The van der Waals surface area contributed by atoms with Gasteiger partial charge in [0.1, 0.15) is 11.6 Å². The average Bonchev–Trinajstić information content (AvgIpc) is 2.26. The maximum Gasteiger partial charge on any atom is 0.141 e. The minimum absolute atomic E-state index is 0.0400. The van der Waals surface area contributed by atoms with Crippen molar-refractivity contribution in [2.75, 3.05) is 32.7 Å². The second kappa shape index (κ2) is 6.31. The highest BCUT2D eigenvalue weighted by molar-refractivity contribution is 5.33. The van der Waals surface area contributed by atoms with Crippen LogP contribution in [0.1, 0.15) is 0 Å². The van der Waals surface area contributed by atoms with E-state index in [2.05, 4.69) is 10.3 Å². The van der Waals surface area contributed by atoms with Gasteiger partial charge in [0, 0.05) is 20.8 Å². The number of aromatic nitrogens is 1. The molecule has 1 N–H and O–H groups in total. The van der Waals surface area contributed by atoms with Gasteiger partial charge in [-0.2, -0.15) is 0 Å². The van der Waals surface area contributed by atoms with Gasteiger partial charge in [0.15, 0.2) is 0 Å². The van der Waals surface area contributed by atoms with Gasteiger partial charge in [0.25, 0.3) is 0 Å². The fraction of sp³-hybridized carbons (Fsp3) is 0.500. The highest BCUT2D eigenvalue weighted by Gasteiger charge is 2.06. The van der Waals surface area contributed by atoms with Crippen molar-refractivity contribution < 1.29 is 13.9 Å². The average molecular weight is 214 g/mol. The number of hydrogen-bond donors (Lipinski definition) is 1. The molecule has 1 rings (SSSR count). The predicted molar refractivity (Wildman–Crippen MR) is 55.4 cm³/mol. The van der Waals surface area contributed by atoms with E-state index in [1.54, 1.807) is 20.3 Å². The number of rotatable bonds is 6. The molecule has 0 aliphatic carbocycles. The zero-order valence-electron chi connectivity index (χ0n) is 8.87. The van der Waals surface area contributed by atoms with Crippen LogP contribution in [0, 0.1) is 5.82 Å². The van der Waals surface area contributed by atoms with Crippen LogP contribution in [0.5, 0.6) is 0 Å². The lowest BCUT2D eigenvalue weighted by Gasteiger charge is -2.15. The van der Waals surface area contributed by atoms with Gasteiger partial charge >= 0.3 is 0 Å². The van der Waals surface area contributed by atoms with E-state index in [1.807, 2.05) is 0 Å². The summed E-state index contributed by atoms with van der Waals surface area (Å²) in [5.74, 6) is 0.273. The number of anilines is 1. The Morgan fingerprint density at radius 3 is 2.80 bits per heavy atom. The quantitative estimate of drug-likeness (QED) is 0.775. The molecule has 1 aromatic heterocycles. The number of ether oxygens (including phenoxy) is 2. The third kappa shape index (κ3) is 4.22. The Labute approximate surface area is 88.4 Å². The minimum atomic E-state index is -0.347. The van der Waals surface area contributed by atoms with Crippen molar-refractivity contribution >= 4 is 5.82 Å². The van der Waals surface area contributed by atoms with E-state index in [0.717, 1.165) is 0 Å². The molecule has 0 bridgehead atoms. The summed E-state index contributed by atoms with van der Waals surface area (Å²) in [6, 6.07) is 2.93. The van der Waals surface area contributed by atoms with Crippen LogP contribution in [0.2, 0.25) is 0 Å². The van der Waals surface area contributed by atoms with Crippen molar-refractivity contribution in [1.82, 2.24) is 4.98 Å². The molecule has 1 atom stereocenters. The molecule has 1 heterocycles. The minimum Gasteiger partial charge on any atom is -0.382 e. The molecule has 0 saturated heterocycles. The molecule has 4 nitrogen and oxygen atoms in total. The Morgan fingerprint density at radius 2 is 2.27 bits per heavy atom. The lowest BCUT2D eigenvalue weighted by Crippen LogP contribution is -2.26. The van der Waals surface area contributed by atoms with Gasteiger partial charge in [-0.3, -0.25) is 0 Å². The number of halogens is 1. The fourth-order valence-corrected chi connectivity index (χ4v) is 1.09. The summed E-state index contributed by atoms with van der Waals surface area (Å²) in [6.07, 6.45) is 1.13. The van der Waals surface area contributed by atoms with Crippen LogP contribution in [0.25, 0.3) is 0 Å². The number of nitrogens with one attached hydrogen (secondary N) is 1. The summed E-state index contributed by atoms with van der Waals surface area (Å²) >= 11 is 0. The second-order valence-corrected chi connectivity index (χ2v) is 3.06. The number of hydrogen-bond acceptors (Lipinski definition) is 4. The monoisotopic (exact) mass is 214 g/mol. The van der Waals surface area contributed by atoms with Gasteiger partial charge in [-0.1, -0.05) is 0 Å². The first-order valence-corrected chi connectivity index (χ1v) is 4.63. The summed E-state index contributed by atoms with van der Waals surface area (Å²) in [6.45, 7) is 1.08. The molecule has 1 aromatic rings. The van der Waals surface area contributed by atoms with E-state index >= 15 is 0 Å². The zero-order valence-corrected chi connectivity index (χ0v) is 8.87. The Morgan fingerprint density at radius 1 is 1.47 bits per heavy atom. The van der Waals surface area contributed by atoms with Crippen LogP contribution in [-0.2, 0) is 9.47 Å². The highest BCUT2D eigenvalue weighted by atomic mass is 19.1. The van der Waals surface area contributed by atoms with E-state index in [9.17, 15) is 4.39 Å². The van der Waals surface area contributed by atoms with Crippen LogP contribution < -0.4 is 5.32 Å². The Hall–Kier alpha value is -1.20. The van der Waals surface area contributed by atoms with Crippen LogP contribution in [0.15, 0.2) is 18.3 Å². The van der Waals surface area contributed by atoms with E-state index in [1.165, 1.54) is 12.3 Å². The SMILES string of the molecule is COCC(CNc1ccc(F)cn1)OC. The smallest absolute Gasteiger partial charge is 0.141 e. The first-order chi connectivity index (χ1) is 7.26. The topological polar surface area (TPSA) is 43.4 Å². The van der Waals surface area contributed by atoms with E-state index < -0.39 is 0 Å². The second-order valence-electron chi connectivity index (χ2n) is 3.06. The van der Waals surface area contributed by atoms with Crippen LogP contribution >= 0.6 is 0 Å². The largest absolute Gasteiger partial charge is 0.382 e. The molecule has 0 aromatic carbocycles. The number of nitrogens with zero attached hydrogens (tertiary/aromatic N) is 1. The van der Waals surface area contributed by atoms with E-state index in [4.69, 9.17) is 9.47 Å². The molecule has 0 amide bonds. The highest BCUT2D eigenvalue weighted by Crippen LogP contribution is 2.03. The predicted octanol–water partition coefficient (Wildman–Crippen LogP) is 1.29. The van der Waals surface area contributed by atoms with Crippen molar-refractivity contribution in [2.45, 2.75) is 6.10 Å². The van der Waals surface area contributed by atoms with Crippen molar-refractivity contribution in [1.29, 1.82) is 0 Å². The van der Waals surface area contributed by atoms with E-state index in [0.29, 0.717) is 19.0 Å². The maximum absolute atomic E-state index is 12.5. The van der Waals surface area contributed by atoms with Crippen molar-refractivity contribution in [2.24, 2.45) is 0 Å². The van der Waals surface area contributed by atoms with Crippen LogP contribution in [-0.4, -0.2) is 38.5 Å². The van der Waals surface area contributed by atoms with Gasteiger partial charge in [0.2, 0.25) is 0 Å².